The minimum atomic E-state index is -0.183. The predicted octanol–water partition coefficient (Wildman–Crippen LogP) is 2.09. The first-order valence-corrected chi connectivity index (χ1v) is 5.89. The van der Waals surface area contributed by atoms with E-state index in [9.17, 15) is 0 Å². The van der Waals surface area contributed by atoms with Gasteiger partial charge in [-0.15, -0.1) is 0 Å². The second-order valence-electron chi connectivity index (χ2n) is 4.06. The fraction of sp³-hybridized carbons (Fsp3) is 0.538. The van der Waals surface area contributed by atoms with Crippen LogP contribution < -0.4 is 9.47 Å². The first-order chi connectivity index (χ1) is 8.33. The smallest absolute Gasteiger partial charge is 0.200 e. The zero-order valence-corrected chi connectivity index (χ0v) is 10.0. The maximum absolute atomic E-state index is 9.05. The van der Waals surface area contributed by atoms with Crippen molar-refractivity contribution in [1.82, 2.24) is 0 Å². The Kier molecular flexibility index (Phi) is 4.23. The van der Waals surface area contributed by atoms with Gasteiger partial charge in [0.2, 0.25) is 0 Å². The molecule has 0 aromatic heterocycles. The molecular weight excluding hydrogens is 220 g/mol. The number of benzene rings is 1. The molecule has 4 nitrogen and oxygen atoms in total. The summed E-state index contributed by atoms with van der Waals surface area (Å²) in [5, 5.41) is 9.05. The van der Waals surface area contributed by atoms with Gasteiger partial charge in [-0.1, -0.05) is 6.07 Å². The summed E-state index contributed by atoms with van der Waals surface area (Å²) in [7, 11) is 1.59. The van der Waals surface area contributed by atoms with Gasteiger partial charge >= 0.3 is 0 Å². The topological polar surface area (TPSA) is 47.9 Å². The van der Waals surface area contributed by atoms with Crippen LogP contribution in [0, 0.1) is 0 Å². The van der Waals surface area contributed by atoms with Crippen LogP contribution in [0.25, 0.3) is 0 Å². The summed E-state index contributed by atoms with van der Waals surface area (Å²) in [5.74, 6) is 1.29. The molecule has 1 aliphatic heterocycles. The van der Waals surface area contributed by atoms with Crippen molar-refractivity contribution >= 4 is 0 Å². The zero-order chi connectivity index (χ0) is 12.1. The van der Waals surface area contributed by atoms with Crippen LogP contribution in [-0.4, -0.2) is 25.1 Å². The highest BCUT2D eigenvalue weighted by atomic mass is 16.7. The highest BCUT2D eigenvalue weighted by Gasteiger charge is 2.17. The van der Waals surface area contributed by atoms with Crippen LogP contribution in [-0.2, 0) is 11.3 Å². The van der Waals surface area contributed by atoms with Crippen LogP contribution in [0.15, 0.2) is 18.2 Å². The molecule has 1 fully saturated rings. The molecule has 1 aliphatic rings. The summed E-state index contributed by atoms with van der Waals surface area (Å²) < 4.78 is 16.5. The van der Waals surface area contributed by atoms with E-state index in [4.69, 9.17) is 19.3 Å². The number of methoxy groups -OCH3 is 1. The summed E-state index contributed by atoms with van der Waals surface area (Å²) >= 11 is 0. The lowest BCUT2D eigenvalue weighted by Gasteiger charge is -2.24. The lowest BCUT2D eigenvalue weighted by atomic mass is 10.2. The third kappa shape index (κ3) is 3.11. The van der Waals surface area contributed by atoms with Gasteiger partial charge in [0, 0.05) is 6.42 Å². The molecule has 1 aromatic carbocycles. The van der Waals surface area contributed by atoms with Crippen LogP contribution in [0.1, 0.15) is 24.8 Å². The normalized spacial score (nSPS) is 20.0. The lowest BCUT2D eigenvalue weighted by molar-refractivity contribution is -0.106. The van der Waals surface area contributed by atoms with Crippen molar-refractivity contribution in [2.45, 2.75) is 32.2 Å². The van der Waals surface area contributed by atoms with Gasteiger partial charge in [0.15, 0.2) is 17.8 Å². The van der Waals surface area contributed by atoms with E-state index in [0.29, 0.717) is 11.5 Å². The van der Waals surface area contributed by atoms with E-state index in [1.807, 2.05) is 12.1 Å². The molecule has 2 rings (SSSR count). The van der Waals surface area contributed by atoms with E-state index in [-0.39, 0.29) is 12.9 Å². The average Bonchev–Trinajstić information content (AvgIpc) is 2.40. The van der Waals surface area contributed by atoms with Gasteiger partial charge in [-0.2, -0.15) is 0 Å². The van der Waals surface area contributed by atoms with Crippen LogP contribution in [0.4, 0.5) is 0 Å². The van der Waals surface area contributed by atoms with Crippen molar-refractivity contribution in [3.8, 4) is 11.5 Å². The summed E-state index contributed by atoms with van der Waals surface area (Å²) in [4.78, 5) is 0. The maximum atomic E-state index is 9.05. The second-order valence-corrected chi connectivity index (χ2v) is 4.06. The summed E-state index contributed by atoms with van der Waals surface area (Å²) in [6.45, 7) is 0.748. The Morgan fingerprint density at radius 1 is 1.35 bits per heavy atom. The monoisotopic (exact) mass is 238 g/mol. The number of aliphatic hydroxyl groups excluding tert-OH is 1. The van der Waals surface area contributed by atoms with E-state index in [2.05, 4.69) is 0 Å². The van der Waals surface area contributed by atoms with Crippen LogP contribution in [0.3, 0.4) is 0 Å². The first-order valence-electron chi connectivity index (χ1n) is 5.89. The third-order valence-corrected chi connectivity index (χ3v) is 2.81. The van der Waals surface area contributed by atoms with Crippen LogP contribution in [0.2, 0.25) is 0 Å². The quantitative estimate of drug-likeness (QED) is 0.872. The Bertz CT molecular complexity index is 358. The molecule has 1 unspecified atom stereocenters. The Labute approximate surface area is 101 Å². The van der Waals surface area contributed by atoms with Gasteiger partial charge in [-0.3, -0.25) is 0 Å². The molecule has 0 amide bonds. The van der Waals surface area contributed by atoms with Crippen molar-refractivity contribution in [1.29, 1.82) is 0 Å². The van der Waals surface area contributed by atoms with Crippen molar-refractivity contribution in [3.63, 3.8) is 0 Å². The van der Waals surface area contributed by atoms with Crippen LogP contribution >= 0.6 is 0 Å². The number of hydrogen-bond donors (Lipinski definition) is 1. The van der Waals surface area contributed by atoms with Crippen molar-refractivity contribution in [2.75, 3.05) is 13.7 Å². The predicted molar refractivity (Wildman–Crippen MR) is 63.1 cm³/mol. The molecule has 0 radical (unpaired) electrons. The number of aliphatic hydroxyl groups is 1. The fourth-order valence-electron chi connectivity index (χ4n) is 1.85. The maximum Gasteiger partial charge on any atom is 0.200 e. The van der Waals surface area contributed by atoms with Crippen LogP contribution in [0.5, 0.6) is 11.5 Å². The Morgan fingerprint density at radius 2 is 2.24 bits per heavy atom. The lowest BCUT2D eigenvalue weighted by Crippen LogP contribution is -2.25. The number of rotatable bonds is 4. The second kappa shape index (κ2) is 5.89. The Hall–Kier alpha value is -1.26. The van der Waals surface area contributed by atoms with Gasteiger partial charge in [0.05, 0.1) is 20.3 Å². The Morgan fingerprint density at radius 3 is 2.88 bits per heavy atom. The SMILES string of the molecule is COc1cc(CO)ccc1OC1CCCCO1. The van der Waals surface area contributed by atoms with Crippen molar-refractivity contribution in [2.24, 2.45) is 0 Å². The van der Waals surface area contributed by atoms with Gasteiger partial charge < -0.3 is 19.3 Å². The molecule has 0 spiro atoms. The number of ether oxygens (including phenoxy) is 3. The van der Waals surface area contributed by atoms with E-state index in [1.54, 1.807) is 13.2 Å². The average molecular weight is 238 g/mol. The summed E-state index contributed by atoms with van der Waals surface area (Å²) in [6.07, 6.45) is 2.95. The molecule has 1 N–H and O–H groups in total. The molecule has 0 saturated carbocycles. The Balaban J connectivity index is 2.08. The van der Waals surface area contributed by atoms with E-state index >= 15 is 0 Å². The van der Waals surface area contributed by atoms with Crippen molar-refractivity contribution in [3.05, 3.63) is 23.8 Å². The molecule has 1 heterocycles. The minimum Gasteiger partial charge on any atom is -0.493 e. The van der Waals surface area contributed by atoms with E-state index in [1.165, 1.54) is 0 Å². The highest BCUT2D eigenvalue weighted by molar-refractivity contribution is 5.42. The van der Waals surface area contributed by atoms with Gasteiger partial charge in [-0.05, 0) is 30.5 Å². The fourth-order valence-corrected chi connectivity index (χ4v) is 1.85. The van der Waals surface area contributed by atoms with Crippen molar-refractivity contribution < 1.29 is 19.3 Å². The molecule has 1 aromatic rings. The standard InChI is InChI=1S/C13H18O4/c1-15-12-8-10(9-14)5-6-11(12)17-13-4-2-3-7-16-13/h5-6,8,13-14H,2-4,7,9H2,1H3. The summed E-state index contributed by atoms with van der Waals surface area (Å²) in [6, 6.07) is 5.40. The first kappa shape index (κ1) is 12.2. The molecule has 94 valence electrons. The number of hydrogen-bond acceptors (Lipinski definition) is 4. The summed E-state index contributed by atoms with van der Waals surface area (Å²) in [5.41, 5.74) is 0.804. The van der Waals surface area contributed by atoms with Gasteiger partial charge in [0.1, 0.15) is 0 Å². The van der Waals surface area contributed by atoms with E-state index < -0.39 is 0 Å². The highest BCUT2D eigenvalue weighted by Crippen LogP contribution is 2.30. The van der Waals surface area contributed by atoms with E-state index in [0.717, 1.165) is 31.4 Å². The largest absolute Gasteiger partial charge is 0.493 e. The molecule has 0 aliphatic carbocycles. The molecule has 4 heteroatoms. The molecule has 1 saturated heterocycles. The molecule has 0 bridgehead atoms. The third-order valence-electron chi connectivity index (χ3n) is 2.81. The minimum absolute atomic E-state index is 0.00340. The zero-order valence-electron chi connectivity index (χ0n) is 10.0. The van der Waals surface area contributed by atoms with Gasteiger partial charge in [0.25, 0.3) is 0 Å². The van der Waals surface area contributed by atoms with Gasteiger partial charge in [-0.25, -0.2) is 0 Å². The molecule has 1 atom stereocenters. The molecular formula is C13H18O4. The molecule has 17 heavy (non-hydrogen) atoms.